The summed E-state index contributed by atoms with van der Waals surface area (Å²) in [6.07, 6.45) is 2.13. The summed E-state index contributed by atoms with van der Waals surface area (Å²) in [5, 5.41) is 0. The normalized spacial score (nSPS) is 20.1. The molecule has 0 aliphatic carbocycles. The number of fused-ring (bicyclic) bond motifs is 1. The average molecular weight is 305 g/mol. The first-order chi connectivity index (χ1) is 10.2. The number of aryl methyl sites for hydroxylation is 2. The number of nitrogens with zero attached hydrogens (tertiary/aromatic N) is 4. The molecule has 1 aliphatic heterocycles. The summed E-state index contributed by atoms with van der Waals surface area (Å²) in [5.74, 6) is 0.856. The minimum atomic E-state index is -0.429. The summed E-state index contributed by atoms with van der Waals surface area (Å²) in [6, 6.07) is 0.173. The molecule has 1 N–H and O–H groups in total. The van der Waals surface area contributed by atoms with Gasteiger partial charge in [0.25, 0.3) is 5.56 Å². The highest BCUT2D eigenvalue weighted by Gasteiger charge is 2.36. The van der Waals surface area contributed by atoms with Crippen molar-refractivity contribution in [1.82, 2.24) is 24.0 Å². The van der Waals surface area contributed by atoms with Gasteiger partial charge in [0.1, 0.15) is 5.82 Å². The highest BCUT2D eigenvalue weighted by Crippen LogP contribution is 2.37. The average Bonchev–Trinajstić information content (AvgIpc) is 3.00. The molecule has 0 radical (unpaired) electrons. The van der Waals surface area contributed by atoms with E-state index in [0.717, 1.165) is 25.2 Å². The van der Waals surface area contributed by atoms with Crippen molar-refractivity contribution in [2.24, 2.45) is 14.1 Å². The van der Waals surface area contributed by atoms with Crippen LogP contribution in [-0.2, 0) is 14.1 Å². The van der Waals surface area contributed by atoms with E-state index in [1.807, 2.05) is 11.6 Å². The van der Waals surface area contributed by atoms with Gasteiger partial charge in [-0.05, 0) is 40.2 Å². The summed E-state index contributed by atoms with van der Waals surface area (Å²) < 4.78 is 3.24. The summed E-state index contributed by atoms with van der Waals surface area (Å²) in [5.41, 5.74) is 0.142. The zero-order chi connectivity index (χ0) is 16.2. The monoisotopic (exact) mass is 305 g/mol. The fourth-order valence-electron chi connectivity index (χ4n) is 3.46. The van der Waals surface area contributed by atoms with Gasteiger partial charge in [-0.2, -0.15) is 0 Å². The molecule has 0 amide bonds. The van der Waals surface area contributed by atoms with Crippen molar-refractivity contribution >= 4 is 11.2 Å². The minimum Gasteiger partial charge on any atom is -0.324 e. The van der Waals surface area contributed by atoms with E-state index in [4.69, 9.17) is 0 Å². The van der Waals surface area contributed by atoms with Gasteiger partial charge in [0.2, 0.25) is 0 Å². The van der Waals surface area contributed by atoms with Crippen molar-refractivity contribution in [3.63, 3.8) is 0 Å². The third-order valence-corrected chi connectivity index (χ3v) is 4.58. The fraction of sp³-hybridized carbons (Fsp3) is 0.667. The lowest BCUT2D eigenvalue weighted by Crippen LogP contribution is -2.41. The second-order valence-corrected chi connectivity index (χ2v) is 7.04. The van der Waals surface area contributed by atoms with Crippen LogP contribution in [0.5, 0.6) is 0 Å². The van der Waals surface area contributed by atoms with E-state index in [0.29, 0.717) is 11.2 Å². The second-order valence-electron chi connectivity index (χ2n) is 7.04. The summed E-state index contributed by atoms with van der Waals surface area (Å²) >= 11 is 0. The number of hydrogen-bond donors (Lipinski definition) is 1. The first kappa shape index (κ1) is 15.0. The Morgan fingerprint density at radius 3 is 2.50 bits per heavy atom. The van der Waals surface area contributed by atoms with Gasteiger partial charge < -0.3 is 4.57 Å². The van der Waals surface area contributed by atoms with Crippen LogP contribution in [-0.4, -0.2) is 36.1 Å². The van der Waals surface area contributed by atoms with E-state index in [1.165, 1.54) is 4.57 Å². The Labute approximate surface area is 128 Å². The van der Waals surface area contributed by atoms with E-state index in [-0.39, 0.29) is 17.1 Å². The van der Waals surface area contributed by atoms with Crippen LogP contribution in [0, 0.1) is 0 Å². The number of hydrogen-bond acceptors (Lipinski definition) is 4. The smallest absolute Gasteiger partial charge is 0.324 e. The lowest BCUT2D eigenvalue weighted by Gasteiger charge is -2.36. The van der Waals surface area contributed by atoms with Gasteiger partial charge in [0.05, 0.1) is 6.04 Å². The molecule has 1 unspecified atom stereocenters. The molecular weight excluding hydrogens is 282 g/mol. The summed E-state index contributed by atoms with van der Waals surface area (Å²) in [4.78, 5) is 33.3. The molecule has 3 rings (SSSR count). The molecule has 1 atom stereocenters. The molecule has 0 bridgehead atoms. The van der Waals surface area contributed by atoms with Crippen LogP contribution in [0.2, 0.25) is 0 Å². The van der Waals surface area contributed by atoms with Gasteiger partial charge in [-0.25, -0.2) is 9.78 Å². The highest BCUT2D eigenvalue weighted by molar-refractivity contribution is 5.70. The second kappa shape index (κ2) is 4.81. The van der Waals surface area contributed by atoms with E-state index < -0.39 is 5.69 Å². The van der Waals surface area contributed by atoms with Crippen molar-refractivity contribution in [2.45, 2.75) is 45.2 Å². The molecule has 1 saturated heterocycles. The number of imidazole rings is 1. The van der Waals surface area contributed by atoms with Gasteiger partial charge in [-0.1, -0.05) is 0 Å². The van der Waals surface area contributed by atoms with Gasteiger partial charge in [0.15, 0.2) is 11.2 Å². The number of rotatable bonds is 1. The van der Waals surface area contributed by atoms with Crippen LogP contribution in [0.1, 0.15) is 45.5 Å². The van der Waals surface area contributed by atoms with Crippen molar-refractivity contribution in [3.8, 4) is 0 Å². The fourth-order valence-corrected chi connectivity index (χ4v) is 3.46. The Bertz CT molecular complexity index is 836. The van der Waals surface area contributed by atoms with Crippen molar-refractivity contribution < 1.29 is 0 Å². The first-order valence-electron chi connectivity index (χ1n) is 7.64. The molecule has 7 heteroatoms. The van der Waals surface area contributed by atoms with Gasteiger partial charge in [-0.3, -0.25) is 19.2 Å². The zero-order valence-corrected chi connectivity index (χ0v) is 13.8. The van der Waals surface area contributed by atoms with Crippen LogP contribution in [0.15, 0.2) is 9.59 Å². The molecule has 2 aromatic rings. The van der Waals surface area contributed by atoms with Crippen LogP contribution >= 0.6 is 0 Å². The summed E-state index contributed by atoms with van der Waals surface area (Å²) in [6.45, 7) is 7.59. The molecule has 0 saturated carbocycles. The van der Waals surface area contributed by atoms with Gasteiger partial charge >= 0.3 is 5.69 Å². The number of aromatic amines is 1. The molecule has 22 heavy (non-hydrogen) atoms. The molecule has 0 aromatic carbocycles. The van der Waals surface area contributed by atoms with Crippen LogP contribution in [0.4, 0.5) is 0 Å². The maximum Gasteiger partial charge on any atom is 0.329 e. The third-order valence-electron chi connectivity index (χ3n) is 4.58. The Kier molecular flexibility index (Phi) is 3.28. The lowest BCUT2D eigenvalue weighted by atomic mass is 10.0. The summed E-state index contributed by atoms with van der Waals surface area (Å²) in [7, 11) is 3.48. The molecule has 3 heterocycles. The zero-order valence-electron chi connectivity index (χ0n) is 13.8. The van der Waals surface area contributed by atoms with Crippen molar-refractivity contribution in [2.75, 3.05) is 6.54 Å². The Morgan fingerprint density at radius 1 is 1.18 bits per heavy atom. The van der Waals surface area contributed by atoms with Crippen LogP contribution < -0.4 is 11.2 Å². The van der Waals surface area contributed by atoms with Crippen molar-refractivity contribution in [3.05, 3.63) is 26.7 Å². The molecule has 1 fully saturated rings. The number of aromatic nitrogens is 4. The van der Waals surface area contributed by atoms with Crippen LogP contribution in [0.3, 0.4) is 0 Å². The molecule has 2 aromatic heterocycles. The predicted octanol–water partition coefficient (Wildman–Crippen LogP) is 0.896. The Balaban J connectivity index is 2.23. The van der Waals surface area contributed by atoms with Gasteiger partial charge in [0, 0.05) is 19.6 Å². The number of likely N-dealkylation sites (tertiary alicyclic amines) is 1. The standard InChI is InChI=1S/C15H23N5O2/c1-15(2,3)20-8-6-7-9(20)11-16-12-10(18(11)4)13(21)17-14(22)19(12)5/h9H,6-8H2,1-5H3,(H,17,21,22). The molecule has 120 valence electrons. The molecular formula is C15H23N5O2. The SMILES string of the molecule is Cn1c(C2CCCN2C(C)(C)C)nc2c1c(=O)[nH]c(=O)n2C. The van der Waals surface area contributed by atoms with Crippen LogP contribution in [0.25, 0.3) is 11.2 Å². The minimum absolute atomic E-state index is 0.0393. The van der Waals surface area contributed by atoms with E-state index >= 15 is 0 Å². The molecule has 1 aliphatic rings. The predicted molar refractivity (Wildman–Crippen MR) is 85.0 cm³/mol. The number of H-pyrrole nitrogens is 1. The first-order valence-corrected chi connectivity index (χ1v) is 7.64. The van der Waals surface area contributed by atoms with E-state index in [2.05, 4.69) is 35.6 Å². The maximum absolute atomic E-state index is 12.1. The Hall–Kier alpha value is -1.89. The lowest BCUT2D eigenvalue weighted by molar-refractivity contribution is 0.116. The topological polar surface area (TPSA) is 75.9 Å². The quantitative estimate of drug-likeness (QED) is 0.849. The molecule has 7 nitrogen and oxygen atoms in total. The maximum atomic E-state index is 12.1. The van der Waals surface area contributed by atoms with Gasteiger partial charge in [-0.15, -0.1) is 0 Å². The largest absolute Gasteiger partial charge is 0.329 e. The van der Waals surface area contributed by atoms with E-state index in [9.17, 15) is 9.59 Å². The third kappa shape index (κ3) is 2.11. The highest BCUT2D eigenvalue weighted by atomic mass is 16.2. The molecule has 0 spiro atoms. The Morgan fingerprint density at radius 2 is 1.86 bits per heavy atom. The van der Waals surface area contributed by atoms with Crippen molar-refractivity contribution in [1.29, 1.82) is 0 Å². The number of nitrogens with one attached hydrogen (secondary N) is 1. The van der Waals surface area contributed by atoms with E-state index in [1.54, 1.807) is 7.05 Å².